The fourth-order valence-electron chi connectivity index (χ4n) is 2.43. The maximum absolute atomic E-state index is 12.4. The Bertz CT molecular complexity index is 485. The zero-order valence-corrected chi connectivity index (χ0v) is 12.4. The van der Waals surface area contributed by atoms with Gasteiger partial charge in [0.25, 0.3) is 0 Å². The molecule has 2 rings (SSSR count). The lowest BCUT2D eigenvalue weighted by Gasteiger charge is -2.27. The van der Waals surface area contributed by atoms with Crippen molar-refractivity contribution in [2.24, 2.45) is 11.8 Å². The van der Waals surface area contributed by atoms with Crippen LogP contribution in [0.4, 0.5) is 18.3 Å². The first-order valence-corrected chi connectivity index (χ1v) is 7.59. The van der Waals surface area contributed by atoms with Crippen molar-refractivity contribution >= 4 is 22.4 Å². The summed E-state index contributed by atoms with van der Waals surface area (Å²) in [6.45, 7) is 3.89. The number of nitrogens with zero attached hydrogens (tertiary/aromatic N) is 2. The lowest BCUT2D eigenvalue weighted by molar-refractivity contribution is -0.138. The number of nitrogens with one attached hydrogen (secondary N) is 2. The molecule has 1 atom stereocenters. The smallest absolute Gasteiger partial charge is 0.317 e. The molecule has 0 bridgehead atoms. The summed E-state index contributed by atoms with van der Waals surface area (Å²) in [7, 11) is 0. The minimum absolute atomic E-state index is 0.107. The summed E-state index contributed by atoms with van der Waals surface area (Å²) in [6, 6.07) is 0. The highest BCUT2D eigenvalue weighted by Gasteiger charge is 2.35. The van der Waals surface area contributed by atoms with Crippen LogP contribution in [0.15, 0.2) is 0 Å². The van der Waals surface area contributed by atoms with E-state index in [4.69, 9.17) is 0 Å². The minimum atomic E-state index is -4.52. The van der Waals surface area contributed by atoms with Crippen LogP contribution >= 0.6 is 11.3 Å². The third kappa shape index (κ3) is 4.63. The van der Waals surface area contributed by atoms with Crippen molar-refractivity contribution in [3.8, 4) is 0 Å². The number of hydrogen-bond donors (Lipinski definition) is 2. The van der Waals surface area contributed by atoms with Gasteiger partial charge in [-0.1, -0.05) is 18.3 Å². The first kappa shape index (κ1) is 16.2. The molecule has 0 radical (unpaired) electrons. The fraction of sp³-hybridized carbons (Fsp3) is 0.750. The van der Waals surface area contributed by atoms with Crippen LogP contribution in [0.25, 0.3) is 0 Å². The Labute approximate surface area is 124 Å². The summed E-state index contributed by atoms with van der Waals surface area (Å²) in [5.41, 5.74) is 0. The van der Waals surface area contributed by atoms with Crippen molar-refractivity contribution in [3.05, 3.63) is 5.01 Å². The summed E-state index contributed by atoms with van der Waals surface area (Å²) < 4.78 is 37.1. The largest absolute Gasteiger partial charge is 0.445 e. The SMILES string of the molecule is CC(CC(=O)Nc1nnc(C(F)(F)F)s1)C1CCNCC1. The van der Waals surface area contributed by atoms with Crippen LogP contribution in [0.1, 0.15) is 31.2 Å². The van der Waals surface area contributed by atoms with Gasteiger partial charge in [-0.15, -0.1) is 10.2 Å². The molecule has 1 saturated heterocycles. The predicted octanol–water partition coefficient (Wildman–Crippen LogP) is 2.52. The summed E-state index contributed by atoms with van der Waals surface area (Å²) in [4.78, 5) is 11.9. The van der Waals surface area contributed by atoms with E-state index >= 15 is 0 Å². The van der Waals surface area contributed by atoms with E-state index in [1.54, 1.807) is 0 Å². The molecule has 1 amide bonds. The molecule has 9 heteroatoms. The number of aromatic nitrogens is 2. The molecule has 1 fully saturated rings. The van der Waals surface area contributed by atoms with Crippen LogP contribution in [-0.4, -0.2) is 29.2 Å². The Balaban J connectivity index is 1.85. The maximum atomic E-state index is 12.4. The molecule has 1 aliphatic rings. The predicted molar refractivity (Wildman–Crippen MR) is 72.9 cm³/mol. The average Bonchev–Trinajstić information content (AvgIpc) is 2.88. The highest BCUT2D eigenvalue weighted by atomic mass is 32.1. The Morgan fingerprint density at radius 3 is 2.67 bits per heavy atom. The van der Waals surface area contributed by atoms with Gasteiger partial charge in [0.2, 0.25) is 16.0 Å². The first-order valence-electron chi connectivity index (χ1n) is 6.77. The number of carbonyl (C=O) groups is 1. The highest BCUT2D eigenvalue weighted by molar-refractivity contribution is 7.15. The van der Waals surface area contributed by atoms with Crippen LogP contribution in [0, 0.1) is 11.8 Å². The molecule has 1 unspecified atom stereocenters. The minimum Gasteiger partial charge on any atom is -0.317 e. The van der Waals surface area contributed by atoms with Crippen LogP contribution in [0.2, 0.25) is 0 Å². The number of alkyl halides is 3. The van der Waals surface area contributed by atoms with Gasteiger partial charge in [0.05, 0.1) is 0 Å². The molecule has 21 heavy (non-hydrogen) atoms. The number of anilines is 1. The summed E-state index contributed by atoms with van der Waals surface area (Å²) in [6.07, 6.45) is -2.20. The van der Waals surface area contributed by atoms with Crippen LogP contribution < -0.4 is 10.6 Å². The normalized spacial score (nSPS) is 18.5. The van der Waals surface area contributed by atoms with Gasteiger partial charge in [0.1, 0.15) is 0 Å². The van der Waals surface area contributed by atoms with E-state index in [0.717, 1.165) is 25.9 Å². The van der Waals surface area contributed by atoms with Gasteiger partial charge < -0.3 is 10.6 Å². The molecule has 0 aromatic carbocycles. The van der Waals surface area contributed by atoms with E-state index < -0.39 is 11.2 Å². The highest BCUT2D eigenvalue weighted by Crippen LogP contribution is 2.33. The molecule has 0 saturated carbocycles. The molecule has 1 aromatic rings. The van der Waals surface area contributed by atoms with E-state index in [0.29, 0.717) is 17.3 Å². The van der Waals surface area contributed by atoms with Crippen molar-refractivity contribution in [1.29, 1.82) is 0 Å². The Hall–Kier alpha value is -1.22. The summed E-state index contributed by atoms with van der Waals surface area (Å²) in [5, 5.41) is 10.9. The van der Waals surface area contributed by atoms with Crippen molar-refractivity contribution in [2.75, 3.05) is 18.4 Å². The Morgan fingerprint density at radius 1 is 1.43 bits per heavy atom. The Kier molecular flexibility index (Phi) is 5.15. The Morgan fingerprint density at radius 2 is 2.10 bits per heavy atom. The van der Waals surface area contributed by atoms with Gasteiger partial charge in [0.15, 0.2) is 0 Å². The molecule has 5 nitrogen and oxygen atoms in total. The molecule has 2 heterocycles. The van der Waals surface area contributed by atoms with Gasteiger partial charge in [-0.25, -0.2) is 0 Å². The molecule has 0 spiro atoms. The maximum Gasteiger partial charge on any atom is 0.445 e. The molecule has 2 N–H and O–H groups in total. The van der Waals surface area contributed by atoms with Crippen molar-refractivity contribution in [2.45, 2.75) is 32.4 Å². The quantitative estimate of drug-likeness (QED) is 0.894. The second-order valence-corrected chi connectivity index (χ2v) is 6.20. The van der Waals surface area contributed by atoms with Gasteiger partial charge >= 0.3 is 6.18 Å². The third-order valence-corrected chi connectivity index (χ3v) is 4.49. The van der Waals surface area contributed by atoms with Crippen LogP contribution in [0.3, 0.4) is 0 Å². The molecule has 1 aromatic heterocycles. The lowest BCUT2D eigenvalue weighted by Crippen LogP contribution is -2.32. The van der Waals surface area contributed by atoms with Crippen molar-refractivity contribution in [1.82, 2.24) is 15.5 Å². The number of rotatable bonds is 4. The van der Waals surface area contributed by atoms with Gasteiger partial charge in [-0.2, -0.15) is 13.2 Å². The number of carbonyl (C=O) groups excluding carboxylic acids is 1. The van der Waals surface area contributed by atoms with Gasteiger partial charge in [0, 0.05) is 6.42 Å². The van der Waals surface area contributed by atoms with E-state index in [-0.39, 0.29) is 23.4 Å². The zero-order valence-electron chi connectivity index (χ0n) is 11.5. The van der Waals surface area contributed by atoms with Crippen molar-refractivity contribution in [3.63, 3.8) is 0 Å². The van der Waals surface area contributed by atoms with E-state index in [9.17, 15) is 18.0 Å². The van der Waals surface area contributed by atoms with E-state index in [2.05, 4.69) is 20.8 Å². The van der Waals surface area contributed by atoms with Gasteiger partial charge in [-0.05, 0) is 37.8 Å². The summed E-state index contributed by atoms with van der Waals surface area (Å²) in [5.74, 6) is 0.352. The fourth-order valence-corrected chi connectivity index (χ4v) is 3.06. The molecule has 0 aliphatic carbocycles. The zero-order chi connectivity index (χ0) is 15.5. The van der Waals surface area contributed by atoms with E-state index in [1.165, 1.54) is 0 Å². The average molecular weight is 322 g/mol. The van der Waals surface area contributed by atoms with Crippen LogP contribution in [-0.2, 0) is 11.0 Å². The standard InChI is InChI=1S/C12H17F3N4OS/c1-7(8-2-4-16-5-3-8)6-9(20)17-11-19-18-10(21-11)12(13,14)15/h7-8,16H,2-6H2,1H3,(H,17,19,20). The molecular formula is C12H17F3N4OS. The second-order valence-electron chi connectivity index (χ2n) is 5.23. The topological polar surface area (TPSA) is 66.9 Å². The molecule has 1 aliphatic heterocycles. The number of halogens is 3. The number of hydrogen-bond acceptors (Lipinski definition) is 5. The second kappa shape index (κ2) is 6.69. The van der Waals surface area contributed by atoms with E-state index in [1.807, 2.05) is 6.92 Å². The third-order valence-electron chi connectivity index (χ3n) is 3.61. The van der Waals surface area contributed by atoms with Crippen LogP contribution in [0.5, 0.6) is 0 Å². The molecular weight excluding hydrogens is 305 g/mol. The number of piperidine rings is 1. The van der Waals surface area contributed by atoms with Gasteiger partial charge in [-0.3, -0.25) is 4.79 Å². The summed E-state index contributed by atoms with van der Waals surface area (Å²) >= 11 is 0.342. The first-order chi connectivity index (χ1) is 9.86. The van der Waals surface area contributed by atoms with Crippen molar-refractivity contribution < 1.29 is 18.0 Å². The monoisotopic (exact) mass is 322 g/mol. The lowest BCUT2D eigenvalue weighted by atomic mass is 9.84. The molecule has 118 valence electrons. The number of amides is 1.